The van der Waals surface area contributed by atoms with E-state index in [0.29, 0.717) is 37.3 Å². The topological polar surface area (TPSA) is 110 Å². The maximum Gasteiger partial charge on any atom is 0.259 e. The highest BCUT2D eigenvalue weighted by molar-refractivity contribution is 5.82. The normalized spacial score (nSPS) is 16.4. The van der Waals surface area contributed by atoms with E-state index >= 15 is 0 Å². The van der Waals surface area contributed by atoms with Gasteiger partial charge < -0.3 is 19.6 Å². The summed E-state index contributed by atoms with van der Waals surface area (Å²) in [4.78, 5) is 31.5. The fraction of sp³-hybridized carbons (Fsp3) is 0.429. The van der Waals surface area contributed by atoms with Crippen molar-refractivity contribution in [2.24, 2.45) is 0 Å². The van der Waals surface area contributed by atoms with Crippen molar-refractivity contribution in [1.29, 1.82) is 0 Å². The molecule has 1 saturated heterocycles. The second-order valence-electron chi connectivity index (χ2n) is 7.41. The summed E-state index contributed by atoms with van der Waals surface area (Å²) in [6.45, 7) is 3.33. The highest BCUT2D eigenvalue weighted by Gasteiger charge is 2.17. The lowest BCUT2D eigenvalue weighted by Gasteiger charge is -2.10. The molecule has 1 aromatic carbocycles. The Balaban J connectivity index is 1.35. The van der Waals surface area contributed by atoms with Gasteiger partial charge in [-0.2, -0.15) is 4.98 Å². The van der Waals surface area contributed by atoms with E-state index in [1.165, 1.54) is 0 Å². The molecule has 0 bridgehead atoms. The van der Waals surface area contributed by atoms with Gasteiger partial charge in [-0.15, -0.1) is 0 Å². The smallest absolute Gasteiger partial charge is 0.259 e. The minimum Gasteiger partial charge on any atom is -0.376 e. The van der Waals surface area contributed by atoms with Gasteiger partial charge in [-0.1, -0.05) is 16.8 Å². The highest BCUT2D eigenvalue weighted by atomic mass is 16.5. The Bertz CT molecular complexity index is 1070. The first kappa shape index (κ1) is 19.3. The first-order valence-electron chi connectivity index (χ1n) is 9.93. The van der Waals surface area contributed by atoms with Crippen LogP contribution >= 0.6 is 0 Å². The Hall–Kier alpha value is -3.00. The number of carbonyl (C=O) groups is 1. The van der Waals surface area contributed by atoms with E-state index in [9.17, 15) is 9.59 Å². The highest BCUT2D eigenvalue weighted by Crippen LogP contribution is 2.19. The number of benzene rings is 1. The SMILES string of the molecule is Cc1ccc2[nH]c(=O)c(-c3noc(CCCC(=O)NC[C@H]4CCCO4)n3)cc2c1. The van der Waals surface area contributed by atoms with Gasteiger partial charge in [0.05, 0.1) is 11.7 Å². The van der Waals surface area contributed by atoms with Crippen LogP contribution in [0.1, 0.15) is 37.1 Å². The largest absolute Gasteiger partial charge is 0.376 e. The summed E-state index contributed by atoms with van der Waals surface area (Å²) in [5, 5.41) is 7.75. The molecule has 2 aromatic heterocycles. The molecule has 152 valence electrons. The number of H-pyrrole nitrogens is 1. The van der Waals surface area contributed by atoms with Crippen molar-refractivity contribution in [2.75, 3.05) is 13.2 Å². The third kappa shape index (κ3) is 4.71. The number of aromatic nitrogens is 3. The molecule has 0 saturated carbocycles. The Morgan fingerprint density at radius 2 is 2.24 bits per heavy atom. The zero-order valence-corrected chi connectivity index (χ0v) is 16.4. The molecule has 8 nitrogen and oxygen atoms in total. The number of carbonyl (C=O) groups excluding carboxylic acids is 1. The van der Waals surface area contributed by atoms with E-state index in [-0.39, 0.29) is 23.4 Å². The zero-order valence-electron chi connectivity index (χ0n) is 16.4. The minimum absolute atomic E-state index is 0.0124. The maximum atomic E-state index is 12.4. The van der Waals surface area contributed by atoms with Crippen LogP contribution in [-0.2, 0) is 16.0 Å². The lowest BCUT2D eigenvalue weighted by Crippen LogP contribution is -2.31. The molecule has 0 spiro atoms. The number of hydrogen-bond acceptors (Lipinski definition) is 6. The van der Waals surface area contributed by atoms with Crippen LogP contribution in [0.4, 0.5) is 0 Å². The van der Waals surface area contributed by atoms with Crippen molar-refractivity contribution in [3.8, 4) is 11.4 Å². The summed E-state index contributed by atoms with van der Waals surface area (Å²) in [6, 6.07) is 7.59. The quantitative estimate of drug-likeness (QED) is 0.635. The Morgan fingerprint density at radius 1 is 1.34 bits per heavy atom. The summed E-state index contributed by atoms with van der Waals surface area (Å²) in [5.74, 6) is 0.657. The number of aromatic amines is 1. The molecule has 4 rings (SSSR count). The third-order valence-corrected chi connectivity index (χ3v) is 5.05. The number of rotatable bonds is 7. The van der Waals surface area contributed by atoms with Crippen molar-refractivity contribution in [1.82, 2.24) is 20.4 Å². The molecule has 3 heterocycles. The lowest BCUT2D eigenvalue weighted by atomic mass is 10.1. The van der Waals surface area contributed by atoms with Gasteiger partial charge in [-0.3, -0.25) is 9.59 Å². The molecule has 1 aliphatic rings. The van der Waals surface area contributed by atoms with Crippen molar-refractivity contribution < 1.29 is 14.1 Å². The molecule has 2 N–H and O–H groups in total. The van der Waals surface area contributed by atoms with Crippen LogP contribution in [0.15, 0.2) is 33.6 Å². The molecule has 0 aliphatic carbocycles. The second kappa shape index (κ2) is 8.57. The van der Waals surface area contributed by atoms with Crippen LogP contribution < -0.4 is 10.9 Å². The summed E-state index contributed by atoms with van der Waals surface area (Å²) in [5.41, 5.74) is 1.97. The van der Waals surface area contributed by atoms with Gasteiger partial charge in [0.2, 0.25) is 17.6 Å². The summed E-state index contributed by atoms with van der Waals surface area (Å²) < 4.78 is 10.8. The monoisotopic (exact) mass is 396 g/mol. The Labute approximate surface area is 167 Å². The van der Waals surface area contributed by atoms with Gasteiger partial charge in [-0.25, -0.2) is 0 Å². The standard InChI is InChI=1S/C21H24N4O4/c1-13-7-8-17-14(10-13)11-16(21(27)23-17)20-24-19(29-25-20)6-2-5-18(26)22-12-15-4-3-9-28-15/h7-8,10-11,15H,2-6,9,12H2,1H3,(H,22,26)(H,23,27)/t15-/m1/s1. The fourth-order valence-corrected chi connectivity index (χ4v) is 3.48. The van der Waals surface area contributed by atoms with Crippen molar-refractivity contribution in [3.05, 3.63) is 46.1 Å². The van der Waals surface area contributed by atoms with Gasteiger partial charge in [0.1, 0.15) is 0 Å². The van der Waals surface area contributed by atoms with Crippen LogP contribution in [0, 0.1) is 6.92 Å². The fourth-order valence-electron chi connectivity index (χ4n) is 3.48. The molecule has 0 radical (unpaired) electrons. The average Bonchev–Trinajstić information content (AvgIpc) is 3.38. The molecule has 1 amide bonds. The first-order chi connectivity index (χ1) is 14.1. The number of nitrogens with zero attached hydrogens (tertiary/aromatic N) is 2. The van der Waals surface area contributed by atoms with Crippen LogP contribution in [0.3, 0.4) is 0 Å². The minimum atomic E-state index is -0.262. The number of amides is 1. The van der Waals surface area contributed by atoms with E-state index in [2.05, 4.69) is 20.4 Å². The number of aryl methyl sites for hydroxylation is 2. The number of nitrogens with one attached hydrogen (secondary N) is 2. The Kier molecular flexibility index (Phi) is 5.71. The first-order valence-corrected chi connectivity index (χ1v) is 9.93. The number of fused-ring (bicyclic) bond motifs is 1. The van der Waals surface area contributed by atoms with Gasteiger partial charge >= 0.3 is 0 Å². The zero-order chi connectivity index (χ0) is 20.2. The number of hydrogen-bond donors (Lipinski definition) is 2. The molecule has 0 unspecified atom stereocenters. The molecule has 1 atom stereocenters. The van der Waals surface area contributed by atoms with Crippen molar-refractivity contribution in [2.45, 2.75) is 45.1 Å². The predicted octanol–water partition coefficient (Wildman–Crippen LogP) is 2.50. The maximum absolute atomic E-state index is 12.4. The van der Waals surface area contributed by atoms with E-state index in [4.69, 9.17) is 9.26 Å². The molecule has 1 aliphatic heterocycles. The van der Waals surface area contributed by atoms with Crippen molar-refractivity contribution >= 4 is 16.8 Å². The van der Waals surface area contributed by atoms with Crippen LogP contribution in [0.5, 0.6) is 0 Å². The molecular formula is C21H24N4O4. The van der Waals surface area contributed by atoms with Gasteiger partial charge in [0, 0.05) is 31.5 Å². The predicted molar refractivity (Wildman–Crippen MR) is 108 cm³/mol. The lowest BCUT2D eigenvalue weighted by molar-refractivity contribution is -0.121. The number of pyridine rings is 1. The van der Waals surface area contributed by atoms with Crippen molar-refractivity contribution in [3.63, 3.8) is 0 Å². The van der Waals surface area contributed by atoms with Crippen LogP contribution in [0.25, 0.3) is 22.3 Å². The molecule has 1 fully saturated rings. The van der Waals surface area contributed by atoms with E-state index in [1.54, 1.807) is 6.07 Å². The average molecular weight is 396 g/mol. The van der Waals surface area contributed by atoms with E-state index in [1.807, 2.05) is 25.1 Å². The van der Waals surface area contributed by atoms with Crippen LogP contribution in [0.2, 0.25) is 0 Å². The summed E-state index contributed by atoms with van der Waals surface area (Å²) in [6.07, 6.45) is 3.64. The third-order valence-electron chi connectivity index (χ3n) is 5.05. The Morgan fingerprint density at radius 3 is 3.07 bits per heavy atom. The molecule has 8 heteroatoms. The molecule has 29 heavy (non-hydrogen) atoms. The van der Waals surface area contributed by atoms with Gasteiger partial charge in [-0.05, 0) is 49.8 Å². The molecular weight excluding hydrogens is 372 g/mol. The summed E-state index contributed by atoms with van der Waals surface area (Å²) >= 11 is 0. The second-order valence-corrected chi connectivity index (χ2v) is 7.41. The van der Waals surface area contributed by atoms with Crippen LogP contribution in [-0.4, -0.2) is 40.3 Å². The van der Waals surface area contributed by atoms with Gasteiger partial charge in [0.15, 0.2) is 0 Å². The van der Waals surface area contributed by atoms with Gasteiger partial charge in [0.25, 0.3) is 5.56 Å². The van der Waals surface area contributed by atoms with E-state index in [0.717, 1.165) is 35.9 Å². The number of ether oxygens (including phenoxy) is 1. The summed E-state index contributed by atoms with van der Waals surface area (Å²) in [7, 11) is 0. The van der Waals surface area contributed by atoms with E-state index < -0.39 is 0 Å². The molecule has 3 aromatic rings.